The van der Waals surface area contributed by atoms with E-state index in [9.17, 15) is 19.5 Å². The lowest BCUT2D eigenvalue weighted by Gasteiger charge is -2.56. The topological polar surface area (TPSA) is 108 Å². The first-order valence-electron chi connectivity index (χ1n) is 16.5. The van der Waals surface area contributed by atoms with E-state index in [4.69, 9.17) is 18.9 Å². The normalized spacial score (nSPS) is 36.0. The summed E-state index contributed by atoms with van der Waals surface area (Å²) in [6.45, 7) is 18.4. The van der Waals surface area contributed by atoms with Gasteiger partial charge >= 0.3 is 0 Å². The van der Waals surface area contributed by atoms with Gasteiger partial charge < -0.3 is 24.1 Å². The molecule has 8 nitrogen and oxygen atoms in total. The molecule has 1 aromatic carbocycles. The third-order valence-electron chi connectivity index (χ3n) is 11.7. The minimum absolute atomic E-state index is 0.0546. The van der Waals surface area contributed by atoms with Crippen molar-refractivity contribution in [3.8, 4) is 17.2 Å². The molecule has 4 aliphatic carbocycles. The van der Waals surface area contributed by atoms with E-state index in [1.54, 1.807) is 19.1 Å². The molecule has 2 saturated carbocycles. The highest BCUT2D eigenvalue weighted by Gasteiger charge is 2.81. The van der Waals surface area contributed by atoms with Gasteiger partial charge in [0.25, 0.3) is 6.47 Å². The zero-order valence-corrected chi connectivity index (χ0v) is 27.9. The Morgan fingerprint density at radius 2 is 1.85 bits per heavy atom. The fraction of sp³-hybridized carbons (Fsp3) is 0.553. The van der Waals surface area contributed by atoms with E-state index >= 15 is 0 Å². The zero-order chi connectivity index (χ0) is 33.1. The SMILES string of the molecule is C=C(C)C1CC[C@]2(C)C[C@H]1c1c(O)c3c(c(CC=C(C)C)c1O2)O[C@]12C(=CC4CC1C(C)(C)O[C@]2(C/C=C(/C)OC=O)C4=O)C3=O. The number of hydrogen-bond acceptors (Lipinski definition) is 8. The summed E-state index contributed by atoms with van der Waals surface area (Å²) < 4.78 is 26.0. The zero-order valence-electron chi connectivity index (χ0n) is 27.9. The molecule has 7 atom stereocenters. The first kappa shape index (κ1) is 31.0. The molecule has 8 heteroatoms. The third-order valence-corrected chi connectivity index (χ3v) is 11.7. The number of aromatic hydroxyl groups is 1. The summed E-state index contributed by atoms with van der Waals surface area (Å²) in [5.74, 6) is -0.231. The van der Waals surface area contributed by atoms with E-state index in [0.717, 1.165) is 24.0 Å². The van der Waals surface area contributed by atoms with Crippen LogP contribution in [-0.2, 0) is 25.5 Å². The van der Waals surface area contributed by atoms with Crippen LogP contribution < -0.4 is 9.47 Å². The molecule has 7 aliphatic rings. The number of rotatable bonds is 7. The number of phenolic OH excluding ortho intramolecular Hbond substituents is 1. The summed E-state index contributed by atoms with van der Waals surface area (Å²) in [5.41, 5.74) is -0.259. The average molecular weight is 629 g/mol. The van der Waals surface area contributed by atoms with E-state index in [-0.39, 0.29) is 52.8 Å². The number of hydrogen-bond donors (Lipinski definition) is 1. The Labute approximate surface area is 270 Å². The van der Waals surface area contributed by atoms with Crippen molar-refractivity contribution in [2.24, 2.45) is 17.8 Å². The van der Waals surface area contributed by atoms with Crippen LogP contribution >= 0.6 is 0 Å². The van der Waals surface area contributed by atoms with Gasteiger partial charge in [0.05, 0.1) is 5.60 Å². The molecule has 3 fully saturated rings. The molecular weight excluding hydrogens is 584 g/mol. The van der Waals surface area contributed by atoms with Crippen LogP contribution in [0.2, 0.25) is 0 Å². The maximum atomic E-state index is 15.0. The van der Waals surface area contributed by atoms with Crippen LogP contribution in [0.25, 0.3) is 0 Å². The summed E-state index contributed by atoms with van der Waals surface area (Å²) in [7, 11) is 0. The van der Waals surface area contributed by atoms with Crippen molar-refractivity contribution in [2.45, 2.75) is 115 Å². The van der Waals surface area contributed by atoms with Gasteiger partial charge in [-0.25, -0.2) is 0 Å². The van der Waals surface area contributed by atoms with Gasteiger partial charge in [-0.3, -0.25) is 14.4 Å². The Morgan fingerprint density at radius 3 is 2.52 bits per heavy atom. The molecule has 46 heavy (non-hydrogen) atoms. The van der Waals surface area contributed by atoms with E-state index in [1.807, 2.05) is 34.6 Å². The van der Waals surface area contributed by atoms with Crippen LogP contribution in [0.4, 0.5) is 0 Å². The largest absolute Gasteiger partial charge is 0.507 e. The maximum absolute atomic E-state index is 15.0. The number of phenols is 1. The molecule has 0 radical (unpaired) electrons. The Bertz CT molecular complexity index is 1700. The number of fused-ring (bicyclic) bond motifs is 5. The highest BCUT2D eigenvalue weighted by atomic mass is 16.6. The first-order valence-corrected chi connectivity index (χ1v) is 16.5. The van der Waals surface area contributed by atoms with Crippen LogP contribution in [-0.4, -0.2) is 45.5 Å². The van der Waals surface area contributed by atoms with Crippen molar-refractivity contribution < 1.29 is 38.4 Å². The predicted octanol–water partition coefficient (Wildman–Crippen LogP) is 6.99. The summed E-state index contributed by atoms with van der Waals surface area (Å²) in [6.07, 6.45) is 8.89. The molecule has 244 valence electrons. The summed E-state index contributed by atoms with van der Waals surface area (Å²) >= 11 is 0. The molecule has 3 heterocycles. The number of ether oxygens (including phenoxy) is 4. The Kier molecular flexibility index (Phi) is 6.68. The van der Waals surface area contributed by atoms with E-state index in [2.05, 4.69) is 19.6 Å². The van der Waals surface area contributed by atoms with E-state index in [0.29, 0.717) is 53.9 Å². The van der Waals surface area contributed by atoms with Crippen molar-refractivity contribution in [1.82, 2.24) is 0 Å². The molecule has 1 saturated heterocycles. The number of allylic oxidation sites excluding steroid dienone is 5. The first-order chi connectivity index (χ1) is 21.6. The number of carbonyl (C=O) groups excluding carboxylic acids is 3. The molecule has 0 amide bonds. The molecule has 1 spiro atoms. The molecule has 0 aromatic heterocycles. The quantitative estimate of drug-likeness (QED) is 0.196. The van der Waals surface area contributed by atoms with E-state index < -0.39 is 28.3 Å². The number of carbonyl (C=O) groups is 3. The molecule has 6 bridgehead atoms. The fourth-order valence-electron chi connectivity index (χ4n) is 9.68. The Hall–Kier alpha value is -3.65. The maximum Gasteiger partial charge on any atom is 0.298 e. The van der Waals surface area contributed by atoms with Crippen molar-refractivity contribution in [2.75, 3.05) is 0 Å². The van der Waals surface area contributed by atoms with Gasteiger partial charge in [-0.2, -0.15) is 0 Å². The standard InChI is InChI=1S/C38H44O8/c1-19(2)9-10-24-32-28(25-17-36(8,44-32)13-12-23(25)20(3)4)31(41)29-30(40)26-15-22-16-27-35(6,7)46-37(34(22)42,14-11-21(5)43-18-39)38(26,27)45-33(24)29/h9,11,15,18,22-23,25,27,41H,3,10,12-14,16-17H2,1-2,4-8H3/b21-11-/t22?,23?,25-,27?,36-,37-,38-/m1/s1. The van der Waals surface area contributed by atoms with Crippen molar-refractivity contribution in [3.63, 3.8) is 0 Å². The Balaban J connectivity index is 1.51. The second kappa shape index (κ2) is 9.93. The highest BCUT2D eigenvalue weighted by molar-refractivity contribution is 6.18. The molecule has 3 aliphatic heterocycles. The average Bonchev–Trinajstić information content (AvgIpc) is 3.12. The van der Waals surface area contributed by atoms with Gasteiger partial charge in [0.15, 0.2) is 22.8 Å². The van der Waals surface area contributed by atoms with E-state index in [1.165, 1.54) is 0 Å². The lowest BCUT2D eigenvalue weighted by molar-refractivity contribution is -0.171. The van der Waals surface area contributed by atoms with Crippen LogP contribution in [0.3, 0.4) is 0 Å². The van der Waals surface area contributed by atoms with Crippen molar-refractivity contribution in [1.29, 1.82) is 0 Å². The summed E-state index contributed by atoms with van der Waals surface area (Å²) in [4.78, 5) is 40.4. The molecule has 8 rings (SSSR count). The van der Waals surface area contributed by atoms with Crippen molar-refractivity contribution in [3.05, 3.63) is 64.0 Å². The van der Waals surface area contributed by atoms with Crippen molar-refractivity contribution >= 4 is 18.0 Å². The van der Waals surface area contributed by atoms with Gasteiger partial charge in [-0.05, 0) is 92.6 Å². The lowest BCUT2D eigenvalue weighted by Crippen LogP contribution is -2.72. The van der Waals surface area contributed by atoms with Crippen LogP contribution in [0.15, 0.2) is 47.3 Å². The van der Waals surface area contributed by atoms with Gasteiger partial charge in [-0.15, -0.1) is 0 Å². The van der Waals surface area contributed by atoms with Crippen LogP contribution in [0.1, 0.15) is 108 Å². The molecule has 3 unspecified atom stereocenters. The molecule has 1 N–H and O–H groups in total. The minimum atomic E-state index is -1.54. The number of ketones is 2. The van der Waals surface area contributed by atoms with Gasteiger partial charge in [-0.1, -0.05) is 29.9 Å². The number of benzene rings is 1. The molecule has 1 aromatic rings. The van der Waals surface area contributed by atoms with Crippen LogP contribution in [0, 0.1) is 17.8 Å². The monoisotopic (exact) mass is 628 g/mol. The van der Waals surface area contributed by atoms with Gasteiger partial charge in [0, 0.05) is 40.9 Å². The minimum Gasteiger partial charge on any atom is -0.507 e. The second-order valence-electron chi connectivity index (χ2n) is 15.4. The van der Waals surface area contributed by atoms with Crippen LogP contribution in [0.5, 0.6) is 17.2 Å². The predicted molar refractivity (Wildman–Crippen MR) is 171 cm³/mol. The van der Waals surface area contributed by atoms with Gasteiger partial charge in [0.2, 0.25) is 0 Å². The lowest BCUT2D eigenvalue weighted by atomic mass is 9.51. The summed E-state index contributed by atoms with van der Waals surface area (Å²) in [6, 6.07) is 0. The fourth-order valence-corrected chi connectivity index (χ4v) is 9.68. The second-order valence-corrected chi connectivity index (χ2v) is 15.4. The Morgan fingerprint density at radius 1 is 1.11 bits per heavy atom. The van der Waals surface area contributed by atoms with Gasteiger partial charge in [0.1, 0.15) is 34.2 Å². The summed E-state index contributed by atoms with van der Waals surface area (Å²) in [5, 5.41) is 12.2. The third kappa shape index (κ3) is 3.91. The highest BCUT2D eigenvalue weighted by Crippen LogP contribution is 2.69. The number of Topliss-reactive ketones (excluding diaryl/α,β-unsaturated/α-hetero) is 2. The smallest absolute Gasteiger partial charge is 0.298 e. The molecular formula is C38H44O8.